The van der Waals surface area contributed by atoms with Crippen LogP contribution in [0.4, 0.5) is 11.5 Å². The van der Waals surface area contributed by atoms with Gasteiger partial charge in [0.2, 0.25) is 0 Å². The van der Waals surface area contributed by atoms with Crippen molar-refractivity contribution >= 4 is 46.3 Å². The van der Waals surface area contributed by atoms with Crippen molar-refractivity contribution in [2.45, 2.75) is 52.5 Å². The molecule has 4 rings (SSSR count). The Morgan fingerprint density at radius 1 is 1.16 bits per heavy atom. The topological polar surface area (TPSA) is 41.1 Å². The fourth-order valence-electron chi connectivity index (χ4n) is 4.03. The molecule has 4 nitrogen and oxygen atoms in total. The molecular weight excluding hydrogens is 463 g/mol. The van der Waals surface area contributed by atoms with Crippen molar-refractivity contribution in [3.05, 3.63) is 68.7 Å². The predicted octanol–water partition coefficient (Wildman–Crippen LogP) is 7.48. The molecule has 2 aliphatic rings. The van der Waals surface area contributed by atoms with Crippen molar-refractivity contribution in [2.75, 3.05) is 16.8 Å². The van der Waals surface area contributed by atoms with Gasteiger partial charge in [-0.2, -0.15) is 0 Å². The van der Waals surface area contributed by atoms with Crippen LogP contribution in [-0.2, 0) is 6.42 Å². The Labute approximate surface area is 205 Å². The van der Waals surface area contributed by atoms with E-state index in [2.05, 4.69) is 52.4 Å². The van der Waals surface area contributed by atoms with Crippen LogP contribution in [0.25, 0.3) is 0 Å². The molecule has 1 aromatic heterocycles. The maximum atomic E-state index is 6.62. The lowest BCUT2D eigenvalue weighted by Gasteiger charge is -2.23. The minimum atomic E-state index is 0.456. The van der Waals surface area contributed by atoms with Crippen LogP contribution in [0, 0.1) is 18.8 Å². The van der Waals surface area contributed by atoms with Crippen LogP contribution in [0.1, 0.15) is 44.6 Å². The molecule has 1 aliphatic carbocycles. The van der Waals surface area contributed by atoms with Gasteiger partial charge in [0.1, 0.15) is 16.7 Å². The zero-order valence-corrected chi connectivity index (χ0v) is 21.0. The third-order valence-corrected chi connectivity index (χ3v) is 6.84. The number of hydrogen-bond acceptors (Lipinski definition) is 4. The second kappa shape index (κ2) is 10.0. The normalized spacial score (nSPS) is 19.6. The third-order valence-electron chi connectivity index (χ3n) is 5.91. The van der Waals surface area contributed by atoms with Gasteiger partial charge in [-0.15, -0.1) is 0 Å². The van der Waals surface area contributed by atoms with Gasteiger partial charge in [-0.3, -0.25) is 0 Å². The van der Waals surface area contributed by atoms with Crippen LogP contribution in [0.15, 0.2) is 42.1 Å². The molecule has 0 amide bonds. The Morgan fingerprint density at radius 3 is 2.72 bits per heavy atom. The molecule has 32 heavy (non-hydrogen) atoms. The van der Waals surface area contributed by atoms with E-state index in [0.717, 1.165) is 55.3 Å². The first kappa shape index (κ1) is 23.4. The van der Waals surface area contributed by atoms with E-state index < -0.39 is 0 Å². The van der Waals surface area contributed by atoms with Crippen molar-refractivity contribution in [2.24, 2.45) is 11.8 Å². The molecule has 7 heteroatoms. The molecule has 1 aliphatic heterocycles. The fraction of sp³-hybridized carbons (Fsp3) is 0.440. The Bertz CT molecular complexity index is 1050. The second-order valence-electron chi connectivity index (χ2n) is 9.02. The van der Waals surface area contributed by atoms with Crippen LogP contribution in [0.3, 0.4) is 0 Å². The summed E-state index contributed by atoms with van der Waals surface area (Å²) in [5.41, 5.74) is 3.16. The van der Waals surface area contributed by atoms with Crippen molar-refractivity contribution in [3.8, 4) is 0 Å². The number of nitrogens with one attached hydrogen (secondary N) is 1. The number of allylic oxidation sites excluding steroid dienone is 1. The fourth-order valence-corrected chi connectivity index (χ4v) is 4.78. The summed E-state index contributed by atoms with van der Waals surface area (Å²) in [6.07, 6.45) is 10.7. The van der Waals surface area contributed by atoms with Gasteiger partial charge in [0.15, 0.2) is 0 Å². The smallest absolute Gasteiger partial charge is 0.148 e. The van der Waals surface area contributed by atoms with Crippen LogP contribution < -0.4 is 10.2 Å². The number of fused-ring (bicyclic) bond motifs is 1. The molecule has 1 fully saturated rings. The van der Waals surface area contributed by atoms with E-state index in [-0.39, 0.29) is 0 Å². The summed E-state index contributed by atoms with van der Waals surface area (Å²) in [5, 5.41) is 5.39. The zero-order chi connectivity index (χ0) is 22.8. The highest BCUT2D eigenvalue weighted by atomic mass is 35.5. The SMILES string of the molecule is Cc1nc(CCC(C)C)c(Cl)c(NCCC2=CN(c3ccc(Cl)cc3Cl)C3CC3C=C2)n1. The molecule has 0 bridgehead atoms. The molecule has 0 saturated heterocycles. The maximum absolute atomic E-state index is 6.62. The van der Waals surface area contributed by atoms with Gasteiger partial charge in [0.25, 0.3) is 0 Å². The molecule has 1 aromatic carbocycles. The molecular formula is C25H29Cl3N4. The number of aryl methyl sites for hydroxylation is 2. The van der Waals surface area contributed by atoms with Crippen LogP contribution >= 0.6 is 34.8 Å². The van der Waals surface area contributed by atoms with Crippen LogP contribution in [-0.4, -0.2) is 22.6 Å². The van der Waals surface area contributed by atoms with E-state index in [1.54, 1.807) is 6.07 Å². The van der Waals surface area contributed by atoms with Crippen molar-refractivity contribution in [1.29, 1.82) is 0 Å². The van der Waals surface area contributed by atoms with Gasteiger partial charge in [0, 0.05) is 23.8 Å². The minimum Gasteiger partial charge on any atom is -0.368 e. The number of hydrogen-bond donors (Lipinski definition) is 1. The highest BCUT2D eigenvalue weighted by Gasteiger charge is 2.41. The molecule has 170 valence electrons. The lowest BCUT2D eigenvalue weighted by molar-refractivity contribution is 0.580. The predicted molar refractivity (Wildman–Crippen MR) is 136 cm³/mol. The Hall–Kier alpha value is -1.75. The summed E-state index contributed by atoms with van der Waals surface area (Å²) < 4.78 is 0. The lowest BCUT2D eigenvalue weighted by Crippen LogP contribution is -2.20. The number of benzene rings is 1. The summed E-state index contributed by atoms with van der Waals surface area (Å²) in [6.45, 7) is 7.06. The molecule has 2 heterocycles. The number of halogens is 3. The standard InChI is InChI=1S/C25H29Cl3N4/c1-15(2)4-8-21-24(28)25(31-16(3)30-21)29-11-10-17-5-6-18-12-23(18)32(14-17)22-9-7-19(26)13-20(22)27/h5-7,9,13-15,18,23H,4,8,10-12H2,1-3H3,(H,29,30,31). The molecule has 2 unspecified atom stereocenters. The molecule has 0 spiro atoms. The first-order valence-corrected chi connectivity index (χ1v) is 12.3. The van der Waals surface area contributed by atoms with Crippen molar-refractivity contribution < 1.29 is 0 Å². The largest absolute Gasteiger partial charge is 0.368 e. The second-order valence-corrected chi connectivity index (χ2v) is 10.2. The van der Waals surface area contributed by atoms with Crippen LogP contribution in [0.2, 0.25) is 15.1 Å². The van der Waals surface area contributed by atoms with Crippen molar-refractivity contribution in [3.63, 3.8) is 0 Å². The minimum absolute atomic E-state index is 0.456. The summed E-state index contributed by atoms with van der Waals surface area (Å²) in [5.74, 6) is 2.63. The van der Waals surface area contributed by atoms with Crippen molar-refractivity contribution in [1.82, 2.24) is 9.97 Å². The molecule has 1 N–H and O–H groups in total. The number of anilines is 2. The Kier molecular flexibility index (Phi) is 7.34. The van der Waals surface area contributed by atoms with Gasteiger partial charge in [-0.1, -0.05) is 60.8 Å². The summed E-state index contributed by atoms with van der Waals surface area (Å²) in [4.78, 5) is 11.4. The summed E-state index contributed by atoms with van der Waals surface area (Å²) >= 11 is 19.2. The Morgan fingerprint density at radius 2 is 1.97 bits per heavy atom. The van der Waals surface area contributed by atoms with E-state index in [1.807, 2.05) is 19.1 Å². The van der Waals surface area contributed by atoms with Gasteiger partial charge < -0.3 is 10.2 Å². The average Bonchev–Trinajstić information content (AvgIpc) is 3.51. The summed E-state index contributed by atoms with van der Waals surface area (Å²) in [6, 6.07) is 6.15. The number of aromatic nitrogens is 2. The van der Waals surface area contributed by atoms with E-state index >= 15 is 0 Å². The molecule has 2 aromatic rings. The first-order chi connectivity index (χ1) is 15.3. The maximum Gasteiger partial charge on any atom is 0.148 e. The molecule has 2 atom stereocenters. The van der Waals surface area contributed by atoms with Crippen LogP contribution in [0.5, 0.6) is 0 Å². The van der Waals surface area contributed by atoms with E-state index in [1.165, 1.54) is 5.57 Å². The zero-order valence-electron chi connectivity index (χ0n) is 18.7. The summed E-state index contributed by atoms with van der Waals surface area (Å²) in [7, 11) is 0. The highest BCUT2D eigenvalue weighted by Crippen LogP contribution is 2.44. The Balaban J connectivity index is 1.45. The van der Waals surface area contributed by atoms with E-state index in [9.17, 15) is 0 Å². The monoisotopic (exact) mass is 490 g/mol. The third kappa shape index (κ3) is 5.59. The molecule has 0 radical (unpaired) electrons. The number of nitrogens with zero attached hydrogens (tertiary/aromatic N) is 3. The van der Waals surface area contributed by atoms with Gasteiger partial charge in [-0.05, 0) is 68.2 Å². The average molecular weight is 492 g/mol. The van der Waals surface area contributed by atoms with Gasteiger partial charge in [0.05, 0.1) is 16.4 Å². The van der Waals surface area contributed by atoms with E-state index in [0.29, 0.717) is 32.9 Å². The lowest BCUT2D eigenvalue weighted by atomic mass is 10.1. The highest BCUT2D eigenvalue weighted by molar-refractivity contribution is 6.36. The quantitative estimate of drug-likeness (QED) is 0.415. The van der Waals surface area contributed by atoms with Gasteiger partial charge in [-0.25, -0.2) is 9.97 Å². The molecule has 1 saturated carbocycles. The van der Waals surface area contributed by atoms with Gasteiger partial charge >= 0.3 is 0 Å². The first-order valence-electron chi connectivity index (χ1n) is 11.2. The number of rotatable bonds is 8. The van der Waals surface area contributed by atoms with E-state index in [4.69, 9.17) is 34.8 Å².